The minimum atomic E-state index is -0.554. The molecule has 25 heavy (non-hydrogen) atoms. The summed E-state index contributed by atoms with van der Waals surface area (Å²) in [6, 6.07) is 12.6. The number of hydrogen-bond donors (Lipinski definition) is 2. The fourth-order valence-electron chi connectivity index (χ4n) is 2.99. The van der Waals surface area contributed by atoms with Gasteiger partial charge in [-0.2, -0.15) is 0 Å². The van der Waals surface area contributed by atoms with Crippen LogP contribution in [0.5, 0.6) is 0 Å². The number of nitrogens with one attached hydrogen (secondary N) is 2. The first-order valence-corrected chi connectivity index (χ1v) is 8.58. The Morgan fingerprint density at radius 2 is 2.08 bits per heavy atom. The SMILES string of the molecule is Cc1cc(F)c(NC(=O)NC[C@@H]2C[C@H](c3ccccc3)CO2)c(Cl)c1. The molecule has 0 spiro atoms. The van der Waals surface area contributed by atoms with Crippen LogP contribution in [0.4, 0.5) is 14.9 Å². The highest BCUT2D eigenvalue weighted by Gasteiger charge is 2.26. The van der Waals surface area contributed by atoms with Crippen molar-refractivity contribution >= 4 is 23.3 Å². The molecule has 1 heterocycles. The molecule has 1 fully saturated rings. The van der Waals surface area contributed by atoms with Gasteiger partial charge in [-0.1, -0.05) is 41.9 Å². The number of aryl methyl sites for hydroxylation is 1. The molecule has 2 atom stereocenters. The molecule has 1 aliphatic rings. The highest BCUT2D eigenvalue weighted by molar-refractivity contribution is 6.33. The molecule has 3 rings (SSSR count). The van der Waals surface area contributed by atoms with E-state index in [1.807, 2.05) is 18.2 Å². The molecule has 0 aliphatic carbocycles. The first-order valence-electron chi connectivity index (χ1n) is 8.20. The maximum absolute atomic E-state index is 13.9. The number of anilines is 1. The van der Waals surface area contributed by atoms with Gasteiger partial charge in [-0.15, -0.1) is 0 Å². The van der Waals surface area contributed by atoms with Gasteiger partial charge in [-0.05, 0) is 36.6 Å². The number of rotatable bonds is 4. The Kier molecular flexibility index (Phi) is 5.56. The fourth-order valence-corrected chi connectivity index (χ4v) is 3.30. The molecule has 0 radical (unpaired) electrons. The zero-order valence-corrected chi connectivity index (χ0v) is 14.6. The van der Waals surface area contributed by atoms with Crippen molar-refractivity contribution in [2.75, 3.05) is 18.5 Å². The van der Waals surface area contributed by atoms with Gasteiger partial charge in [-0.3, -0.25) is 0 Å². The average Bonchev–Trinajstić information content (AvgIpc) is 3.06. The van der Waals surface area contributed by atoms with Crippen molar-refractivity contribution in [3.05, 3.63) is 64.4 Å². The van der Waals surface area contributed by atoms with Crippen LogP contribution in [-0.4, -0.2) is 25.3 Å². The predicted molar refractivity (Wildman–Crippen MR) is 96.7 cm³/mol. The quantitative estimate of drug-likeness (QED) is 0.842. The lowest BCUT2D eigenvalue weighted by atomic mass is 9.96. The zero-order chi connectivity index (χ0) is 17.8. The second-order valence-electron chi connectivity index (χ2n) is 6.24. The van der Waals surface area contributed by atoms with Crippen molar-refractivity contribution in [3.63, 3.8) is 0 Å². The van der Waals surface area contributed by atoms with E-state index in [-0.39, 0.29) is 16.8 Å². The molecule has 4 nitrogen and oxygen atoms in total. The van der Waals surface area contributed by atoms with Crippen LogP contribution in [0.1, 0.15) is 23.5 Å². The van der Waals surface area contributed by atoms with E-state index in [1.165, 1.54) is 11.6 Å². The van der Waals surface area contributed by atoms with Gasteiger partial charge in [0.25, 0.3) is 0 Å². The molecule has 0 unspecified atom stereocenters. The van der Waals surface area contributed by atoms with Crippen LogP contribution in [0.25, 0.3) is 0 Å². The van der Waals surface area contributed by atoms with E-state index in [2.05, 4.69) is 22.8 Å². The summed E-state index contributed by atoms with van der Waals surface area (Å²) in [6.45, 7) is 2.73. The predicted octanol–water partition coefficient (Wildman–Crippen LogP) is 4.48. The highest BCUT2D eigenvalue weighted by Crippen LogP contribution is 2.29. The normalized spacial score (nSPS) is 19.6. The zero-order valence-electron chi connectivity index (χ0n) is 13.9. The van der Waals surface area contributed by atoms with Gasteiger partial charge in [-0.25, -0.2) is 9.18 Å². The largest absolute Gasteiger partial charge is 0.376 e. The summed E-state index contributed by atoms with van der Waals surface area (Å²) in [5.41, 5.74) is 1.92. The van der Waals surface area contributed by atoms with E-state index in [9.17, 15) is 9.18 Å². The van der Waals surface area contributed by atoms with Gasteiger partial charge >= 0.3 is 6.03 Å². The Balaban J connectivity index is 1.50. The maximum Gasteiger partial charge on any atom is 0.319 e. The number of urea groups is 1. The van der Waals surface area contributed by atoms with E-state index in [0.29, 0.717) is 24.6 Å². The molecule has 0 saturated carbocycles. The van der Waals surface area contributed by atoms with Crippen LogP contribution >= 0.6 is 11.6 Å². The van der Waals surface area contributed by atoms with Crippen molar-refractivity contribution in [2.24, 2.45) is 0 Å². The number of ether oxygens (including phenoxy) is 1. The first kappa shape index (κ1) is 17.7. The van der Waals surface area contributed by atoms with E-state index in [4.69, 9.17) is 16.3 Å². The van der Waals surface area contributed by atoms with Crippen LogP contribution < -0.4 is 10.6 Å². The van der Waals surface area contributed by atoms with E-state index in [1.54, 1.807) is 13.0 Å². The van der Waals surface area contributed by atoms with Crippen molar-refractivity contribution in [1.29, 1.82) is 0 Å². The molecule has 2 amide bonds. The topological polar surface area (TPSA) is 50.4 Å². The summed E-state index contributed by atoms with van der Waals surface area (Å²) in [5, 5.41) is 5.35. The van der Waals surface area contributed by atoms with Crippen molar-refractivity contribution in [1.82, 2.24) is 5.32 Å². The van der Waals surface area contributed by atoms with Gasteiger partial charge in [0.2, 0.25) is 0 Å². The van der Waals surface area contributed by atoms with Crippen LogP contribution in [0.3, 0.4) is 0 Å². The van der Waals surface area contributed by atoms with Crippen LogP contribution in [0, 0.1) is 12.7 Å². The van der Waals surface area contributed by atoms with Gasteiger partial charge in [0.05, 0.1) is 23.4 Å². The molecular weight excluding hydrogens is 343 g/mol. The molecule has 6 heteroatoms. The number of carbonyl (C=O) groups is 1. The summed E-state index contributed by atoms with van der Waals surface area (Å²) >= 11 is 5.99. The number of benzene rings is 2. The van der Waals surface area contributed by atoms with Gasteiger partial charge in [0, 0.05) is 12.5 Å². The maximum atomic E-state index is 13.9. The van der Waals surface area contributed by atoms with E-state index in [0.717, 1.165) is 6.42 Å². The Hall–Kier alpha value is -2.11. The summed E-state index contributed by atoms with van der Waals surface area (Å²) in [7, 11) is 0. The lowest BCUT2D eigenvalue weighted by molar-refractivity contribution is 0.110. The van der Waals surface area contributed by atoms with Gasteiger partial charge < -0.3 is 15.4 Å². The van der Waals surface area contributed by atoms with Crippen LogP contribution in [-0.2, 0) is 4.74 Å². The fraction of sp³-hybridized carbons (Fsp3) is 0.316. The minimum absolute atomic E-state index is 0.0146. The highest BCUT2D eigenvalue weighted by atomic mass is 35.5. The Morgan fingerprint density at radius 3 is 2.80 bits per heavy atom. The van der Waals surface area contributed by atoms with Crippen LogP contribution in [0.15, 0.2) is 42.5 Å². The number of carbonyl (C=O) groups excluding carboxylic acids is 1. The van der Waals surface area contributed by atoms with Crippen molar-refractivity contribution in [2.45, 2.75) is 25.4 Å². The monoisotopic (exact) mass is 362 g/mol. The molecular formula is C19H20ClFN2O2. The second kappa shape index (κ2) is 7.85. The lowest BCUT2D eigenvalue weighted by Gasteiger charge is -2.13. The summed E-state index contributed by atoms with van der Waals surface area (Å²) in [5.74, 6) is -0.221. The first-order chi connectivity index (χ1) is 12.0. The van der Waals surface area contributed by atoms with Gasteiger partial charge in [0.1, 0.15) is 5.82 Å². The van der Waals surface area contributed by atoms with E-state index >= 15 is 0 Å². The standard InChI is InChI=1S/C19H20ClFN2O2/c1-12-7-16(20)18(17(21)8-12)23-19(24)22-10-15-9-14(11-25-15)13-5-3-2-4-6-13/h2-8,14-15H,9-11H2,1H3,(H2,22,23,24)/t14-,15-/m0/s1. The van der Waals surface area contributed by atoms with Crippen LogP contribution in [0.2, 0.25) is 5.02 Å². The smallest absolute Gasteiger partial charge is 0.319 e. The Bertz CT molecular complexity index is 731. The molecule has 2 aromatic carbocycles. The Morgan fingerprint density at radius 1 is 1.32 bits per heavy atom. The third-order valence-corrected chi connectivity index (χ3v) is 4.56. The molecule has 1 saturated heterocycles. The lowest BCUT2D eigenvalue weighted by Crippen LogP contribution is -2.35. The third-order valence-electron chi connectivity index (χ3n) is 4.27. The molecule has 2 aromatic rings. The average molecular weight is 363 g/mol. The Labute approximate surface area is 151 Å². The van der Waals surface area contributed by atoms with E-state index < -0.39 is 11.8 Å². The minimum Gasteiger partial charge on any atom is -0.376 e. The van der Waals surface area contributed by atoms with Gasteiger partial charge in [0.15, 0.2) is 0 Å². The van der Waals surface area contributed by atoms with Crippen molar-refractivity contribution < 1.29 is 13.9 Å². The number of hydrogen-bond acceptors (Lipinski definition) is 2. The molecule has 2 N–H and O–H groups in total. The summed E-state index contributed by atoms with van der Waals surface area (Å²) < 4.78 is 19.6. The molecule has 132 valence electrons. The number of halogens is 2. The summed E-state index contributed by atoms with van der Waals surface area (Å²) in [6.07, 6.45) is 0.776. The molecule has 1 aliphatic heterocycles. The number of amides is 2. The summed E-state index contributed by atoms with van der Waals surface area (Å²) in [4.78, 5) is 12.0. The third kappa shape index (κ3) is 4.50. The van der Waals surface area contributed by atoms with Crippen molar-refractivity contribution in [3.8, 4) is 0 Å². The molecule has 0 aromatic heterocycles. The second-order valence-corrected chi connectivity index (χ2v) is 6.64. The molecule has 0 bridgehead atoms.